The van der Waals surface area contributed by atoms with E-state index in [1.807, 2.05) is 0 Å². The van der Waals surface area contributed by atoms with Gasteiger partial charge in [0.1, 0.15) is 5.75 Å². The number of aliphatic hydroxyl groups is 1. The number of aliphatic hydroxyl groups excluding tert-OH is 1. The first-order valence-electron chi connectivity index (χ1n) is 4.42. The van der Waals surface area contributed by atoms with E-state index in [0.717, 1.165) is 6.26 Å². The van der Waals surface area contributed by atoms with Gasteiger partial charge < -0.3 is 9.84 Å². The molecule has 1 atom stereocenters. The normalized spacial score (nSPS) is 13.6. The van der Waals surface area contributed by atoms with Crippen LogP contribution in [0.15, 0.2) is 23.1 Å². The summed E-state index contributed by atoms with van der Waals surface area (Å²) in [7, 11) is -1.78. The van der Waals surface area contributed by atoms with Crippen molar-refractivity contribution in [1.82, 2.24) is 0 Å². The molecule has 1 unspecified atom stereocenters. The predicted octanol–water partition coefficient (Wildman–Crippen LogP) is 1.15. The van der Waals surface area contributed by atoms with Crippen molar-refractivity contribution >= 4 is 9.84 Å². The Balaban J connectivity index is 3.35. The third kappa shape index (κ3) is 2.70. The highest BCUT2D eigenvalue weighted by Gasteiger charge is 2.14. The van der Waals surface area contributed by atoms with Crippen molar-refractivity contribution in [2.24, 2.45) is 0 Å². The van der Waals surface area contributed by atoms with Crippen LogP contribution in [-0.2, 0) is 9.84 Å². The number of hydrogen-bond donors (Lipinski definition) is 1. The Kier molecular flexibility index (Phi) is 3.36. The number of methoxy groups -OCH3 is 1. The minimum absolute atomic E-state index is 0.180. The smallest absolute Gasteiger partial charge is 0.175 e. The van der Waals surface area contributed by atoms with Gasteiger partial charge in [-0.25, -0.2) is 8.42 Å². The minimum atomic E-state index is -3.25. The molecule has 84 valence electrons. The predicted molar refractivity (Wildman–Crippen MR) is 56.7 cm³/mol. The highest BCUT2D eigenvalue weighted by atomic mass is 32.2. The van der Waals surface area contributed by atoms with Crippen LogP contribution in [-0.4, -0.2) is 26.9 Å². The highest BCUT2D eigenvalue weighted by Crippen LogP contribution is 2.27. The van der Waals surface area contributed by atoms with Gasteiger partial charge in [0.25, 0.3) is 0 Å². The van der Waals surface area contributed by atoms with Crippen LogP contribution in [0.1, 0.15) is 18.6 Å². The van der Waals surface area contributed by atoms with E-state index in [1.54, 1.807) is 13.0 Å². The summed E-state index contributed by atoms with van der Waals surface area (Å²) < 4.78 is 27.6. The van der Waals surface area contributed by atoms with Gasteiger partial charge in [0.05, 0.1) is 18.1 Å². The Bertz CT molecular complexity index is 448. The molecule has 0 aliphatic rings. The van der Waals surface area contributed by atoms with E-state index in [9.17, 15) is 13.5 Å². The molecule has 1 rings (SSSR count). The lowest BCUT2D eigenvalue weighted by Crippen LogP contribution is -2.02. The van der Waals surface area contributed by atoms with Crippen LogP contribution >= 0.6 is 0 Å². The first kappa shape index (κ1) is 12.0. The molecule has 0 saturated heterocycles. The van der Waals surface area contributed by atoms with E-state index in [0.29, 0.717) is 11.3 Å². The molecular formula is C10H14O4S. The quantitative estimate of drug-likeness (QED) is 0.846. The molecule has 0 radical (unpaired) electrons. The summed E-state index contributed by atoms with van der Waals surface area (Å²) in [5, 5.41) is 9.45. The lowest BCUT2D eigenvalue weighted by molar-refractivity contribution is 0.194. The van der Waals surface area contributed by atoms with E-state index >= 15 is 0 Å². The molecule has 0 saturated carbocycles. The molecule has 0 aliphatic carbocycles. The van der Waals surface area contributed by atoms with Crippen LogP contribution in [0.25, 0.3) is 0 Å². The maximum Gasteiger partial charge on any atom is 0.175 e. The zero-order chi connectivity index (χ0) is 11.6. The van der Waals surface area contributed by atoms with Crippen molar-refractivity contribution in [2.45, 2.75) is 17.9 Å². The fourth-order valence-corrected chi connectivity index (χ4v) is 1.93. The Morgan fingerprint density at radius 1 is 1.40 bits per heavy atom. The van der Waals surface area contributed by atoms with E-state index < -0.39 is 15.9 Å². The van der Waals surface area contributed by atoms with Gasteiger partial charge in [-0.15, -0.1) is 0 Å². The molecule has 4 nitrogen and oxygen atoms in total. The lowest BCUT2D eigenvalue weighted by Gasteiger charge is -2.12. The van der Waals surface area contributed by atoms with Gasteiger partial charge >= 0.3 is 0 Å². The van der Waals surface area contributed by atoms with Crippen LogP contribution in [0, 0.1) is 0 Å². The first-order chi connectivity index (χ1) is 6.86. The first-order valence-corrected chi connectivity index (χ1v) is 6.31. The molecule has 0 heterocycles. The molecule has 0 fully saturated rings. The number of sulfone groups is 1. The lowest BCUT2D eigenvalue weighted by atomic mass is 10.1. The highest BCUT2D eigenvalue weighted by molar-refractivity contribution is 7.90. The Labute approximate surface area is 89.4 Å². The van der Waals surface area contributed by atoms with Crippen molar-refractivity contribution in [3.05, 3.63) is 23.8 Å². The fourth-order valence-electron chi connectivity index (χ4n) is 1.27. The van der Waals surface area contributed by atoms with Gasteiger partial charge in [0, 0.05) is 11.8 Å². The monoisotopic (exact) mass is 230 g/mol. The Morgan fingerprint density at radius 2 is 2.00 bits per heavy atom. The summed E-state index contributed by atoms with van der Waals surface area (Å²) in [5.74, 6) is 0.484. The standard InChI is InChI=1S/C10H14O4S/c1-7(11)9-6-8(15(3,12)13)4-5-10(9)14-2/h4-7,11H,1-3H3. The molecule has 1 aromatic carbocycles. The molecule has 0 spiro atoms. The molecule has 1 N–H and O–H groups in total. The van der Waals surface area contributed by atoms with Crippen molar-refractivity contribution in [2.75, 3.05) is 13.4 Å². The molecule has 0 aromatic heterocycles. The number of ether oxygens (including phenoxy) is 1. The van der Waals surface area contributed by atoms with E-state index in [1.165, 1.54) is 19.2 Å². The van der Waals surface area contributed by atoms with Gasteiger partial charge in [0.15, 0.2) is 9.84 Å². The van der Waals surface area contributed by atoms with Gasteiger partial charge in [-0.3, -0.25) is 0 Å². The number of hydrogen-bond acceptors (Lipinski definition) is 4. The maximum atomic E-state index is 11.3. The van der Waals surface area contributed by atoms with Crippen molar-refractivity contribution in [1.29, 1.82) is 0 Å². The van der Waals surface area contributed by atoms with Crippen LogP contribution in [0.5, 0.6) is 5.75 Å². The molecule has 5 heteroatoms. The van der Waals surface area contributed by atoms with Crippen LogP contribution in [0.2, 0.25) is 0 Å². The summed E-state index contributed by atoms with van der Waals surface area (Å²) in [5.41, 5.74) is 0.473. The minimum Gasteiger partial charge on any atom is -0.496 e. The summed E-state index contributed by atoms with van der Waals surface area (Å²) in [6, 6.07) is 4.43. The van der Waals surface area contributed by atoms with Gasteiger partial charge in [-0.1, -0.05) is 0 Å². The fraction of sp³-hybridized carbons (Fsp3) is 0.400. The second-order valence-electron chi connectivity index (χ2n) is 3.35. The van der Waals surface area contributed by atoms with Crippen LogP contribution in [0.3, 0.4) is 0 Å². The summed E-state index contributed by atoms with van der Waals surface area (Å²) in [4.78, 5) is 0.180. The Hall–Kier alpha value is -1.07. The zero-order valence-electron chi connectivity index (χ0n) is 8.89. The van der Waals surface area contributed by atoms with Gasteiger partial charge in [-0.2, -0.15) is 0 Å². The maximum absolute atomic E-state index is 11.3. The summed E-state index contributed by atoms with van der Waals surface area (Å²) >= 11 is 0. The molecular weight excluding hydrogens is 216 g/mol. The number of benzene rings is 1. The van der Waals surface area contributed by atoms with E-state index in [2.05, 4.69) is 0 Å². The largest absolute Gasteiger partial charge is 0.496 e. The second-order valence-corrected chi connectivity index (χ2v) is 5.37. The molecule has 0 aliphatic heterocycles. The third-order valence-corrected chi connectivity index (χ3v) is 3.19. The number of rotatable bonds is 3. The summed E-state index contributed by atoms with van der Waals surface area (Å²) in [6.45, 7) is 1.56. The van der Waals surface area contributed by atoms with Gasteiger partial charge in [0.2, 0.25) is 0 Å². The molecule has 1 aromatic rings. The average Bonchev–Trinajstić information content (AvgIpc) is 2.15. The van der Waals surface area contributed by atoms with E-state index in [-0.39, 0.29) is 4.90 Å². The SMILES string of the molecule is COc1ccc(S(C)(=O)=O)cc1C(C)O. The average molecular weight is 230 g/mol. The summed E-state index contributed by atoms with van der Waals surface area (Å²) in [6.07, 6.45) is 0.363. The second kappa shape index (κ2) is 4.20. The van der Waals surface area contributed by atoms with Crippen molar-refractivity contribution in [3.63, 3.8) is 0 Å². The zero-order valence-corrected chi connectivity index (χ0v) is 9.71. The van der Waals surface area contributed by atoms with E-state index in [4.69, 9.17) is 4.74 Å². The molecule has 0 bridgehead atoms. The van der Waals surface area contributed by atoms with Crippen LogP contribution < -0.4 is 4.74 Å². The topological polar surface area (TPSA) is 63.6 Å². The van der Waals surface area contributed by atoms with Gasteiger partial charge in [-0.05, 0) is 25.1 Å². The molecule has 0 amide bonds. The molecule has 15 heavy (non-hydrogen) atoms. The third-order valence-electron chi connectivity index (χ3n) is 2.08. The Morgan fingerprint density at radius 3 is 2.40 bits per heavy atom. The van der Waals surface area contributed by atoms with Crippen molar-refractivity contribution < 1.29 is 18.3 Å². The van der Waals surface area contributed by atoms with Crippen molar-refractivity contribution in [3.8, 4) is 5.75 Å². The van der Waals surface area contributed by atoms with Crippen LogP contribution in [0.4, 0.5) is 0 Å².